The number of hydrogen-bond acceptors (Lipinski definition) is 4. The van der Waals surface area contributed by atoms with Crippen LogP contribution in [0.5, 0.6) is 0 Å². The average Bonchev–Trinajstić information content (AvgIpc) is 2.64. The Bertz CT molecular complexity index is 682. The van der Waals surface area contributed by atoms with E-state index in [1.165, 1.54) is 0 Å². The molecule has 1 fully saturated rings. The lowest BCUT2D eigenvalue weighted by Crippen LogP contribution is -2.35. The van der Waals surface area contributed by atoms with E-state index in [-0.39, 0.29) is 5.91 Å². The number of carbonyl (C=O) groups excluding carboxylic acids is 1. The van der Waals surface area contributed by atoms with Gasteiger partial charge in [0.1, 0.15) is 0 Å². The van der Waals surface area contributed by atoms with E-state index < -0.39 is 11.9 Å². The molecule has 7 nitrogen and oxygen atoms in total. The third-order valence-electron chi connectivity index (χ3n) is 4.12. The highest BCUT2D eigenvalue weighted by Crippen LogP contribution is 2.34. The second-order valence-electron chi connectivity index (χ2n) is 6.12. The Hall–Kier alpha value is -2.09. The van der Waals surface area contributed by atoms with E-state index in [9.17, 15) is 14.4 Å². The van der Waals surface area contributed by atoms with Crippen LogP contribution in [0.4, 0.5) is 5.69 Å². The molecule has 0 unspecified atom stereocenters. The first-order valence-electron chi connectivity index (χ1n) is 8.85. The first-order chi connectivity index (χ1) is 13.3. The quantitative estimate of drug-likeness (QED) is 0.596. The SMILES string of the molecule is CCN(C(=O)CC1CCNCC1)c1c(Cl)cccc1Cl.O=C(O)/C=C/C(=O)O. The van der Waals surface area contributed by atoms with Crippen LogP contribution in [0.1, 0.15) is 26.2 Å². The Morgan fingerprint density at radius 3 is 2.04 bits per heavy atom. The highest BCUT2D eigenvalue weighted by molar-refractivity contribution is 6.39. The smallest absolute Gasteiger partial charge is 0.328 e. The molecule has 9 heteroatoms. The lowest BCUT2D eigenvalue weighted by Gasteiger charge is -2.27. The number of aliphatic carboxylic acids is 2. The minimum absolute atomic E-state index is 0.106. The number of benzene rings is 1. The van der Waals surface area contributed by atoms with E-state index in [1.54, 1.807) is 23.1 Å². The number of halogens is 2. The van der Waals surface area contributed by atoms with Crippen LogP contribution in [0.15, 0.2) is 30.4 Å². The molecule has 1 aromatic carbocycles. The molecular weight excluding hydrogens is 407 g/mol. The second-order valence-corrected chi connectivity index (χ2v) is 6.93. The number of carboxylic acid groups (broad SMARTS) is 2. The zero-order valence-corrected chi connectivity index (χ0v) is 17.0. The molecule has 3 N–H and O–H groups in total. The van der Waals surface area contributed by atoms with Crippen molar-refractivity contribution in [2.24, 2.45) is 5.92 Å². The van der Waals surface area contributed by atoms with Gasteiger partial charge in [0.15, 0.2) is 0 Å². The summed E-state index contributed by atoms with van der Waals surface area (Å²) in [5.74, 6) is -1.95. The number of carboxylic acids is 2. The molecule has 0 radical (unpaired) electrons. The average molecular weight is 431 g/mol. The number of hydrogen-bond donors (Lipinski definition) is 3. The summed E-state index contributed by atoms with van der Waals surface area (Å²) < 4.78 is 0. The van der Waals surface area contributed by atoms with Gasteiger partial charge in [0, 0.05) is 25.1 Å². The fraction of sp³-hybridized carbons (Fsp3) is 0.421. The highest BCUT2D eigenvalue weighted by atomic mass is 35.5. The lowest BCUT2D eigenvalue weighted by molar-refractivity contribution is -0.134. The molecule has 1 aliphatic heterocycles. The number of para-hydroxylation sites is 1. The normalized spacial score (nSPS) is 14.2. The molecular formula is C19H24Cl2N2O5. The molecule has 0 aromatic heterocycles. The van der Waals surface area contributed by atoms with Crippen molar-refractivity contribution in [1.82, 2.24) is 5.32 Å². The van der Waals surface area contributed by atoms with Crippen LogP contribution in [0.3, 0.4) is 0 Å². The third kappa shape index (κ3) is 8.29. The van der Waals surface area contributed by atoms with Gasteiger partial charge in [-0.05, 0) is 50.9 Å². The van der Waals surface area contributed by atoms with Crippen LogP contribution in [0.2, 0.25) is 10.0 Å². The third-order valence-corrected chi connectivity index (χ3v) is 4.73. The van der Waals surface area contributed by atoms with E-state index in [1.807, 2.05) is 6.92 Å². The number of piperidine rings is 1. The van der Waals surface area contributed by atoms with E-state index in [0.29, 0.717) is 46.8 Å². The lowest BCUT2D eigenvalue weighted by atomic mass is 9.94. The molecule has 1 saturated heterocycles. The molecule has 0 bridgehead atoms. The number of carbonyl (C=O) groups is 3. The maximum Gasteiger partial charge on any atom is 0.328 e. The molecule has 1 aliphatic rings. The van der Waals surface area contributed by atoms with Gasteiger partial charge in [0.2, 0.25) is 5.91 Å². The van der Waals surface area contributed by atoms with Crippen LogP contribution in [-0.4, -0.2) is 47.7 Å². The van der Waals surface area contributed by atoms with Gasteiger partial charge in [-0.2, -0.15) is 0 Å². The van der Waals surface area contributed by atoms with Crippen molar-refractivity contribution in [2.45, 2.75) is 26.2 Å². The summed E-state index contributed by atoms with van der Waals surface area (Å²) in [6, 6.07) is 5.33. The van der Waals surface area contributed by atoms with Gasteiger partial charge in [-0.3, -0.25) is 4.79 Å². The monoisotopic (exact) mass is 430 g/mol. The van der Waals surface area contributed by atoms with E-state index in [0.717, 1.165) is 25.9 Å². The van der Waals surface area contributed by atoms with Crippen molar-refractivity contribution in [3.8, 4) is 0 Å². The van der Waals surface area contributed by atoms with Gasteiger partial charge >= 0.3 is 11.9 Å². The number of rotatable bonds is 6. The molecule has 0 spiro atoms. The Morgan fingerprint density at radius 2 is 1.61 bits per heavy atom. The van der Waals surface area contributed by atoms with Crippen LogP contribution in [-0.2, 0) is 14.4 Å². The Balaban J connectivity index is 0.000000416. The molecule has 0 aliphatic carbocycles. The molecule has 0 atom stereocenters. The summed E-state index contributed by atoms with van der Waals surface area (Å²) in [6.07, 6.45) is 3.79. The van der Waals surface area contributed by atoms with E-state index >= 15 is 0 Å². The van der Waals surface area contributed by atoms with Gasteiger partial charge < -0.3 is 20.4 Å². The summed E-state index contributed by atoms with van der Waals surface area (Å²) in [4.78, 5) is 33.3. The van der Waals surface area contributed by atoms with Crippen molar-refractivity contribution in [1.29, 1.82) is 0 Å². The molecule has 1 heterocycles. The fourth-order valence-corrected chi connectivity index (χ4v) is 3.39. The summed E-state index contributed by atoms with van der Waals surface area (Å²) >= 11 is 12.4. The van der Waals surface area contributed by atoms with Crippen molar-refractivity contribution >= 4 is 46.7 Å². The molecule has 1 amide bonds. The first-order valence-corrected chi connectivity index (χ1v) is 9.60. The van der Waals surface area contributed by atoms with Crippen molar-refractivity contribution in [3.05, 3.63) is 40.4 Å². The Labute approximate surface area is 173 Å². The summed E-state index contributed by atoms with van der Waals surface area (Å²) in [7, 11) is 0. The number of anilines is 1. The Kier molecular flexibility index (Phi) is 10.6. The Morgan fingerprint density at radius 1 is 1.11 bits per heavy atom. The van der Waals surface area contributed by atoms with Crippen molar-refractivity contribution in [3.63, 3.8) is 0 Å². The van der Waals surface area contributed by atoms with E-state index in [4.69, 9.17) is 33.4 Å². The zero-order chi connectivity index (χ0) is 21.1. The minimum atomic E-state index is -1.26. The molecule has 1 aromatic rings. The summed E-state index contributed by atoms with van der Waals surface area (Å²) in [6.45, 7) is 4.51. The van der Waals surface area contributed by atoms with Gasteiger partial charge in [-0.15, -0.1) is 0 Å². The molecule has 28 heavy (non-hydrogen) atoms. The van der Waals surface area contributed by atoms with Gasteiger partial charge in [-0.1, -0.05) is 29.3 Å². The van der Waals surface area contributed by atoms with Gasteiger partial charge in [0.25, 0.3) is 0 Å². The predicted octanol–water partition coefficient (Wildman–Crippen LogP) is 3.45. The van der Waals surface area contributed by atoms with Crippen LogP contribution in [0.25, 0.3) is 0 Å². The van der Waals surface area contributed by atoms with Gasteiger partial charge in [-0.25, -0.2) is 9.59 Å². The minimum Gasteiger partial charge on any atom is -0.478 e. The van der Waals surface area contributed by atoms with Crippen molar-refractivity contribution < 1.29 is 24.6 Å². The topological polar surface area (TPSA) is 107 Å². The molecule has 0 saturated carbocycles. The molecule has 2 rings (SSSR count). The maximum absolute atomic E-state index is 12.5. The van der Waals surface area contributed by atoms with Gasteiger partial charge in [0.05, 0.1) is 15.7 Å². The zero-order valence-electron chi connectivity index (χ0n) is 15.5. The largest absolute Gasteiger partial charge is 0.478 e. The number of nitrogens with one attached hydrogen (secondary N) is 1. The maximum atomic E-state index is 12.5. The molecule has 154 valence electrons. The number of nitrogens with zero attached hydrogens (tertiary/aromatic N) is 1. The standard InChI is InChI=1S/C15H20Cl2N2O.C4H4O4/c1-2-19(15-12(16)4-3-5-13(15)17)14(20)10-11-6-8-18-9-7-11;5-3(6)1-2-4(7)8/h3-5,11,18H,2,6-10H2,1H3;1-2H,(H,5,6)(H,7,8)/b;2-1+. The predicted molar refractivity (Wildman–Crippen MR) is 109 cm³/mol. The number of amides is 1. The summed E-state index contributed by atoms with van der Waals surface area (Å²) in [5, 5.41) is 20.0. The second kappa shape index (κ2) is 12.4. The highest BCUT2D eigenvalue weighted by Gasteiger charge is 2.23. The fourth-order valence-electron chi connectivity index (χ4n) is 2.79. The van der Waals surface area contributed by atoms with E-state index in [2.05, 4.69) is 5.32 Å². The van der Waals surface area contributed by atoms with Crippen molar-refractivity contribution in [2.75, 3.05) is 24.5 Å². The van der Waals surface area contributed by atoms with Crippen LogP contribution >= 0.6 is 23.2 Å². The van der Waals surface area contributed by atoms with Crippen LogP contribution in [0, 0.1) is 5.92 Å². The summed E-state index contributed by atoms with van der Waals surface area (Å²) in [5.41, 5.74) is 0.636. The first kappa shape index (κ1) is 23.9. The van der Waals surface area contributed by atoms with Crippen LogP contribution < -0.4 is 10.2 Å².